The van der Waals surface area contributed by atoms with Crippen molar-refractivity contribution in [3.63, 3.8) is 0 Å². The Morgan fingerprint density at radius 3 is 2.38 bits per heavy atom. The van der Waals surface area contributed by atoms with E-state index < -0.39 is 23.5 Å². The van der Waals surface area contributed by atoms with Crippen LogP contribution < -0.4 is 20.9 Å². The summed E-state index contributed by atoms with van der Waals surface area (Å²) in [7, 11) is 0. The number of carbonyl (C=O) groups excluding carboxylic acids is 3. The number of benzene rings is 2. The van der Waals surface area contributed by atoms with Crippen molar-refractivity contribution in [2.45, 2.75) is 0 Å². The Kier molecular flexibility index (Phi) is 6.92. The molecule has 136 valence electrons. The van der Waals surface area contributed by atoms with E-state index in [0.717, 1.165) is 0 Å². The van der Waals surface area contributed by atoms with Crippen molar-refractivity contribution in [3.8, 4) is 5.75 Å². The van der Waals surface area contributed by atoms with Crippen LogP contribution in [-0.4, -0.2) is 30.9 Å². The van der Waals surface area contributed by atoms with Crippen molar-refractivity contribution < 1.29 is 23.5 Å². The average molecular weight is 380 g/mol. The molecule has 3 amide bonds. The highest BCUT2D eigenvalue weighted by atomic mass is 35.5. The third kappa shape index (κ3) is 6.40. The fraction of sp³-hybridized carbons (Fsp3) is 0.118. The van der Waals surface area contributed by atoms with E-state index >= 15 is 0 Å². The first-order chi connectivity index (χ1) is 12.4. The zero-order chi connectivity index (χ0) is 18.9. The minimum absolute atomic E-state index is 0.307. The van der Waals surface area contributed by atoms with Gasteiger partial charge >= 0.3 is 0 Å². The van der Waals surface area contributed by atoms with E-state index in [9.17, 15) is 18.8 Å². The van der Waals surface area contributed by atoms with Crippen LogP contribution in [0, 0.1) is 5.82 Å². The highest BCUT2D eigenvalue weighted by Gasteiger charge is 2.09. The number of halogens is 2. The summed E-state index contributed by atoms with van der Waals surface area (Å²) in [6.45, 7) is -0.717. The number of hydrazine groups is 1. The summed E-state index contributed by atoms with van der Waals surface area (Å²) in [6, 6.07) is 11.4. The molecule has 0 unspecified atom stereocenters. The second-order valence-corrected chi connectivity index (χ2v) is 5.47. The van der Waals surface area contributed by atoms with Crippen LogP contribution >= 0.6 is 11.6 Å². The summed E-state index contributed by atoms with van der Waals surface area (Å²) in [5.74, 6) is -1.84. The molecule has 0 aliphatic carbocycles. The van der Waals surface area contributed by atoms with Crippen LogP contribution in [0.2, 0.25) is 5.02 Å². The van der Waals surface area contributed by atoms with Crippen LogP contribution in [-0.2, 0) is 9.59 Å². The van der Waals surface area contributed by atoms with Gasteiger partial charge < -0.3 is 10.1 Å². The molecule has 0 aliphatic rings. The summed E-state index contributed by atoms with van der Waals surface area (Å²) in [4.78, 5) is 35.0. The molecule has 0 spiro atoms. The molecular formula is C17H15ClFN3O4. The molecule has 0 radical (unpaired) electrons. The molecule has 2 aromatic carbocycles. The monoisotopic (exact) mass is 379 g/mol. The molecule has 26 heavy (non-hydrogen) atoms. The van der Waals surface area contributed by atoms with Gasteiger partial charge in [-0.15, -0.1) is 0 Å². The maximum atomic E-state index is 12.7. The lowest BCUT2D eigenvalue weighted by Gasteiger charge is -2.09. The SMILES string of the molecule is O=C(CNC(=O)c1cccc(Cl)c1)NNC(=O)COc1ccc(F)cc1. The number of hydrogen-bond acceptors (Lipinski definition) is 4. The molecule has 3 N–H and O–H groups in total. The Balaban J connectivity index is 1.67. The first-order valence-electron chi connectivity index (χ1n) is 7.44. The smallest absolute Gasteiger partial charge is 0.276 e. The Bertz CT molecular complexity index is 799. The highest BCUT2D eigenvalue weighted by molar-refractivity contribution is 6.30. The third-order valence-electron chi connectivity index (χ3n) is 3.02. The molecule has 0 aromatic heterocycles. The van der Waals surface area contributed by atoms with Crippen LogP contribution in [0.25, 0.3) is 0 Å². The van der Waals surface area contributed by atoms with Gasteiger partial charge in [0.25, 0.3) is 17.7 Å². The minimum atomic E-state index is -0.629. The summed E-state index contributed by atoms with van der Waals surface area (Å²) < 4.78 is 17.8. The second kappa shape index (κ2) is 9.38. The summed E-state index contributed by atoms with van der Waals surface area (Å²) >= 11 is 5.78. The molecule has 0 saturated carbocycles. The van der Waals surface area contributed by atoms with Gasteiger partial charge in [-0.1, -0.05) is 17.7 Å². The topological polar surface area (TPSA) is 96.5 Å². The van der Waals surface area contributed by atoms with Crippen molar-refractivity contribution >= 4 is 29.3 Å². The second-order valence-electron chi connectivity index (χ2n) is 5.03. The number of amides is 3. The predicted octanol–water partition coefficient (Wildman–Crippen LogP) is 1.44. The van der Waals surface area contributed by atoms with Gasteiger partial charge in [0.15, 0.2) is 6.61 Å². The van der Waals surface area contributed by atoms with Crippen molar-refractivity contribution in [3.05, 3.63) is 64.9 Å². The largest absolute Gasteiger partial charge is 0.484 e. The number of rotatable bonds is 6. The molecule has 2 aromatic rings. The molecule has 0 bridgehead atoms. The summed E-state index contributed by atoms with van der Waals surface area (Å²) in [5, 5.41) is 2.78. The van der Waals surface area contributed by atoms with Gasteiger partial charge in [0.05, 0.1) is 6.54 Å². The molecule has 7 nitrogen and oxygen atoms in total. The number of carbonyl (C=O) groups is 3. The molecule has 0 heterocycles. The highest BCUT2D eigenvalue weighted by Crippen LogP contribution is 2.11. The Hall–Kier alpha value is -3.13. The number of hydrogen-bond donors (Lipinski definition) is 3. The normalized spacial score (nSPS) is 9.92. The molecule has 9 heteroatoms. The van der Waals surface area contributed by atoms with E-state index in [1.807, 2.05) is 0 Å². The zero-order valence-corrected chi connectivity index (χ0v) is 14.2. The van der Waals surface area contributed by atoms with Crippen molar-refractivity contribution in [2.75, 3.05) is 13.2 Å². The quantitative estimate of drug-likeness (QED) is 0.662. The number of ether oxygens (including phenoxy) is 1. The van der Waals surface area contributed by atoms with E-state index in [0.29, 0.717) is 16.3 Å². The lowest BCUT2D eigenvalue weighted by atomic mass is 10.2. The Morgan fingerprint density at radius 2 is 1.69 bits per heavy atom. The molecule has 0 aliphatic heterocycles. The fourth-order valence-corrected chi connectivity index (χ4v) is 1.98. The Labute approximate surface area is 153 Å². The van der Waals surface area contributed by atoms with Gasteiger partial charge in [-0.2, -0.15) is 0 Å². The third-order valence-corrected chi connectivity index (χ3v) is 3.26. The van der Waals surface area contributed by atoms with E-state index in [2.05, 4.69) is 16.2 Å². The lowest BCUT2D eigenvalue weighted by molar-refractivity contribution is -0.129. The summed E-state index contributed by atoms with van der Waals surface area (Å²) in [6.07, 6.45) is 0. The first kappa shape index (κ1) is 19.2. The molecule has 0 atom stereocenters. The van der Waals surface area contributed by atoms with Gasteiger partial charge in [0.2, 0.25) is 0 Å². The lowest BCUT2D eigenvalue weighted by Crippen LogP contribution is -2.47. The maximum Gasteiger partial charge on any atom is 0.276 e. The number of nitrogens with one attached hydrogen (secondary N) is 3. The van der Waals surface area contributed by atoms with Crippen molar-refractivity contribution in [1.29, 1.82) is 0 Å². The van der Waals surface area contributed by atoms with Crippen LogP contribution in [0.15, 0.2) is 48.5 Å². The molecule has 0 fully saturated rings. The summed E-state index contributed by atoms with van der Waals surface area (Å²) in [5.41, 5.74) is 4.56. The zero-order valence-electron chi connectivity index (χ0n) is 13.4. The maximum absolute atomic E-state index is 12.7. The van der Waals surface area contributed by atoms with Gasteiger partial charge in [0, 0.05) is 10.6 Å². The van der Waals surface area contributed by atoms with Gasteiger partial charge in [-0.05, 0) is 42.5 Å². The first-order valence-corrected chi connectivity index (χ1v) is 7.81. The molecule has 2 rings (SSSR count). The van der Waals surface area contributed by atoms with Crippen LogP contribution in [0.3, 0.4) is 0 Å². The van der Waals surface area contributed by atoms with Crippen LogP contribution in [0.5, 0.6) is 5.75 Å². The minimum Gasteiger partial charge on any atom is -0.484 e. The van der Waals surface area contributed by atoms with E-state index in [4.69, 9.17) is 16.3 Å². The van der Waals surface area contributed by atoms with E-state index in [-0.39, 0.29) is 13.2 Å². The standard InChI is InChI=1S/C17H15ClFN3O4/c18-12-3-1-2-11(8-12)17(25)20-9-15(23)21-22-16(24)10-26-14-6-4-13(19)5-7-14/h1-8H,9-10H2,(H,20,25)(H,21,23)(H,22,24). The Morgan fingerprint density at radius 1 is 1.00 bits per heavy atom. The molecule has 0 saturated heterocycles. The van der Waals surface area contributed by atoms with Crippen LogP contribution in [0.4, 0.5) is 4.39 Å². The van der Waals surface area contributed by atoms with Gasteiger partial charge in [-0.3, -0.25) is 25.2 Å². The van der Waals surface area contributed by atoms with Crippen molar-refractivity contribution in [1.82, 2.24) is 16.2 Å². The van der Waals surface area contributed by atoms with Crippen molar-refractivity contribution in [2.24, 2.45) is 0 Å². The van der Waals surface area contributed by atoms with Gasteiger partial charge in [-0.25, -0.2) is 4.39 Å². The average Bonchev–Trinajstić information content (AvgIpc) is 2.64. The van der Waals surface area contributed by atoms with Gasteiger partial charge in [0.1, 0.15) is 11.6 Å². The fourth-order valence-electron chi connectivity index (χ4n) is 1.79. The van der Waals surface area contributed by atoms with Crippen LogP contribution in [0.1, 0.15) is 10.4 Å². The van der Waals surface area contributed by atoms with E-state index in [1.54, 1.807) is 18.2 Å². The van der Waals surface area contributed by atoms with E-state index in [1.165, 1.54) is 30.3 Å². The molecular weight excluding hydrogens is 365 g/mol. The predicted molar refractivity (Wildman–Crippen MR) is 92.0 cm³/mol.